The first-order chi connectivity index (χ1) is 12.5. The minimum absolute atomic E-state index is 0.214. The number of benzene rings is 1. The van der Waals surface area contributed by atoms with Gasteiger partial charge in [-0.2, -0.15) is 0 Å². The van der Waals surface area contributed by atoms with Gasteiger partial charge in [0.15, 0.2) is 0 Å². The molecule has 1 aromatic rings. The molecular formula is C20H33N3O3. The van der Waals surface area contributed by atoms with Gasteiger partial charge < -0.3 is 25.4 Å². The number of nitrogens with one attached hydrogen (secondary N) is 1. The number of amides is 1. The summed E-state index contributed by atoms with van der Waals surface area (Å²) in [5, 5.41) is 3.55. The van der Waals surface area contributed by atoms with Crippen LogP contribution >= 0.6 is 0 Å². The van der Waals surface area contributed by atoms with Crippen LogP contribution < -0.4 is 20.5 Å². The number of nitrogens with two attached hydrogens (primary N) is 1. The molecule has 1 aromatic carbocycles. The van der Waals surface area contributed by atoms with Gasteiger partial charge in [0.05, 0.1) is 19.6 Å². The number of piperidine rings is 1. The Morgan fingerprint density at radius 3 is 2.12 bits per heavy atom. The quantitative estimate of drug-likeness (QED) is 0.743. The molecule has 2 rings (SSSR count). The molecule has 1 amide bonds. The minimum Gasteiger partial charge on any atom is -0.497 e. The number of hydrogen-bond donors (Lipinski definition) is 2. The lowest BCUT2D eigenvalue weighted by molar-refractivity contribution is -0.143. The van der Waals surface area contributed by atoms with E-state index in [9.17, 15) is 4.79 Å². The number of likely N-dealkylation sites (tertiary alicyclic amines) is 1. The maximum atomic E-state index is 12.9. The summed E-state index contributed by atoms with van der Waals surface area (Å²) in [4.78, 5) is 14.9. The standard InChI is InChI=1S/C20H33N3O3/c1-5-20(6-2,14-21)19(24)23-9-7-15(8-10-23)22-16-11-17(25-3)13-18(12-16)26-4/h11-13,15,22H,5-10,14,21H2,1-4H3. The van der Waals surface area contributed by atoms with Gasteiger partial charge in [-0.15, -0.1) is 0 Å². The van der Waals surface area contributed by atoms with Crippen LogP contribution in [0.4, 0.5) is 5.69 Å². The topological polar surface area (TPSA) is 76.8 Å². The van der Waals surface area contributed by atoms with E-state index in [1.807, 2.05) is 23.1 Å². The first-order valence-electron chi connectivity index (χ1n) is 9.51. The monoisotopic (exact) mass is 363 g/mol. The molecule has 146 valence electrons. The highest BCUT2D eigenvalue weighted by molar-refractivity contribution is 5.83. The number of rotatable bonds is 8. The van der Waals surface area contributed by atoms with Crippen molar-refractivity contribution in [2.45, 2.75) is 45.6 Å². The van der Waals surface area contributed by atoms with Gasteiger partial charge in [0.25, 0.3) is 0 Å². The largest absolute Gasteiger partial charge is 0.497 e. The second-order valence-electron chi connectivity index (χ2n) is 7.00. The summed E-state index contributed by atoms with van der Waals surface area (Å²) in [6.07, 6.45) is 3.42. The van der Waals surface area contributed by atoms with Crippen molar-refractivity contribution in [3.05, 3.63) is 18.2 Å². The molecule has 0 unspecified atom stereocenters. The molecular weight excluding hydrogens is 330 g/mol. The Hall–Kier alpha value is -1.95. The van der Waals surface area contributed by atoms with Crippen LogP contribution in [0.3, 0.4) is 0 Å². The van der Waals surface area contributed by atoms with Crippen molar-refractivity contribution in [1.82, 2.24) is 4.90 Å². The number of ether oxygens (including phenoxy) is 2. The molecule has 1 aliphatic rings. The first kappa shape index (κ1) is 20.4. The van der Waals surface area contributed by atoms with Crippen LogP contribution in [0.5, 0.6) is 11.5 Å². The number of methoxy groups -OCH3 is 2. The van der Waals surface area contributed by atoms with Crippen LogP contribution in [-0.2, 0) is 4.79 Å². The summed E-state index contributed by atoms with van der Waals surface area (Å²) in [5.74, 6) is 1.74. The van der Waals surface area contributed by atoms with Gasteiger partial charge in [0.2, 0.25) is 5.91 Å². The van der Waals surface area contributed by atoms with Gasteiger partial charge in [-0.1, -0.05) is 13.8 Å². The Balaban J connectivity index is 1.97. The molecule has 6 heteroatoms. The van der Waals surface area contributed by atoms with Gasteiger partial charge in [-0.25, -0.2) is 0 Å². The number of carbonyl (C=O) groups excluding carboxylic acids is 1. The van der Waals surface area contributed by atoms with Crippen molar-refractivity contribution >= 4 is 11.6 Å². The van der Waals surface area contributed by atoms with E-state index in [-0.39, 0.29) is 5.91 Å². The average Bonchev–Trinajstić information content (AvgIpc) is 2.69. The summed E-state index contributed by atoms with van der Waals surface area (Å²) in [6, 6.07) is 6.11. The number of anilines is 1. The van der Waals surface area contributed by atoms with E-state index < -0.39 is 5.41 Å². The molecule has 3 N–H and O–H groups in total. The Morgan fingerprint density at radius 2 is 1.69 bits per heavy atom. The maximum absolute atomic E-state index is 12.9. The smallest absolute Gasteiger partial charge is 0.230 e. The summed E-state index contributed by atoms with van der Waals surface area (Å²) in [5.41, 5.74) is 6.51. The number of hydrogen-bond acceptors (Lipinski definition) is 5. The molecule has 1 saturated heterocycles. The Bertz CT molecular complexity index is 563. The number of carbonyl (C=O) groups is 1. The van der Waals surface area contributed by atoms with E-state index >= 15 is 0 Å². The fourth-order valence-electron chi connectivity index (χ4n) is 3.62. The second kappa shape index (κ2) is 9.12. The van der Waals surface area contributed by atoms with Crippen LogP contribution in [0.2, 0.25) is 0 Å². The lowest BCUT2D eigenvalue weighted by Gasteiger charge is -2.39. The van der Waals surface area contributed by atoms with Gasteiger partial charge >= 0.3 is 0 Å². The number of nitrogens with zero attached hydrogens (tertiary/aromatic N) is 1. The third-order valence-corrected chi connectivity index (χ3v) is 5.70. The van der Waals surface area contributed by atoms with Crippen LogP contribution in [0.25, 0.3) is 0 Å². The van der Waals surface area contributed by atoms with Crippen LogP contribution in [0.1, 0.15) is 39.5 Å². The van der Waals surface area contributed by atoms with E-state index in [2.05, 4.69) is 19.2 Å². The molecule has 0 bridgehead atoms. The normalized spacial score (nSPS) is 15.7. The van der Waals surface area contributed by atoms with Gasteiger partial charge in [-0.05, 0) is 25.7 Å². The van der Waals surface area contributed by atoms with E-state index in [0.717, 1.165) is 56.0 Å². The maximum Gasteiger partial charge on any atom is 0.230 e. The summed E-state index contributed by atoms with van der Waals surface area (Å²) >= 11 is 0. The van der Waals surface area contributed by atoms with E-state index in [1.165, 1.54) is 0 Å². The first-order valence-corrected chi connectivity index (χ1v) is 9.51. The fourth-order valence-corrected chi connectivity index (χ4v) is 3.62. The molecule has 0 radical (unpaired) electrons. The molecule has 0 atom stereocenters. The molecule has 26 heavy (non-hydrogen) atoms. The fraction of sp³-hybridized carbons (Fsp3) is 0.650. The van der Waals surface area contributed by atoms with Crippen molar-refractivity contribution in [1.29, 1.82) is 0 Å². The predicted molar refractivity (Wildman–Crippen MR) is 105 cm³/mol. The lowest BCUT2D eigenvalue weighted by atomic mass is 9.80. The minimum atomic E-state index is -0.402. The SMILES string of the molecule is CCC(CC)(CN)C(=O)N1CCC(Nc2cc(OC)cc(OC)c2)CC1. The molecule has 6 nitrogen and oxygen atoms in total. The highest BCUT2D eigenvalue weighted by Crippen LogP contribution is 2.31. The zero-order valence-electron chi connectivity index (χ0n) is 16.5. The summed E-state index contributed by atoms with van der Waals surface area (Å²) < 4.78 is 10.6. The second-order valence-corrected chi connectivity index (χ2v) is 7.00. The van der Waals surface area contributed by atoms with Crippen molar-refractivity contribution in [3.8, 4) is 11.5 Å². The molecule has 1 aliphatic heterocycles. The van der Waals surface area contributed by atoms with E-state index in [1.54, 1.807) is 14.2 Å². The Kier molecular flexibility index (Phi) is 7.14. The average molecular weight is 364 g/mol. The van der Waals surface area contributed by atoms with Crippen molar-refractivity contribution in [2.75, 3.05) is 39.2 Å². The van der Waals surface area contributed by atoms with Gasteiger partial charge in [-0.3, -0.25) is 4.79 Å². The zero-order valence-corrected chi connectivity index (χ0v) is 16.5. The zero-order chi connectivity index (χ0) is 19.2. The molecule has 0 aliphatic carbocycles. The van der Waals surface area contributed by atoms with Crippen LogP contribution in [0, 0.1) is 5.41 Å². The van der Waals surface area contributed by atoms with Crippen LogP contribution in [-0.4, -0.2) is 50.7 Å². The Labute approximate surface area is 157 Å². The highest BCUT2D eigenvalue weighted by Gasteiger charge is 2.38. The van der Waals surface area contributed by atoms with E-state index in [0.29, 0.717) is 12.6 Å². The molecule has 0 aromatic heterocycles. The molecule has 1 fully saturated rings. The highest BCUT2D eigenvalue weighted by atomic mass is 16.5. The molecule has 0 saturated carbocycles. The Morgan fingerprint density at radius 1 is 1.15 bits per heavy atom. The van der Waals surface area contributed by atoms with Crippen LogP contribution in [0.15, 0.2) is 18.2 Å². The van der Waals surface area contributed by atoms with Gasteiger partial charge in [0, 0.05) is 49.6 Å². The van der Waals surface area contributed by atoms with Crippen molar-refractivity contribution in [3.63, 3.8) is 0 Å². The third-order valence-electron chi connectivity index (χ3n) is 5.70. The van der Waals surface area contributed by atoms with Crippen molar-refractivity contribution < 1.29 is 14.3 Å². The molecule has 1 heterocycles. The summed E-state index contributed by atoms with van der Waals surface area (Å²) in [7, 11) is 3.29. The summed E-state index contributed by atoms with van der Waals surface area (Å²) in [6.45, 7) is 6.05. The van der Waals surface area contributed by atoms with Gasteiger partial charge in [0.1, 0.15) is 11.5 Å². The molecule has 0 spiro atoms. The third kappa shape index (κ3) is 4.41. The van der Waals surface area contributed by atoms with E-state index in [4.69, 9.17) is 15.2 Å². The predicted octanol–water partition coefficient (Wildman–Crippen LogP) is 2.87. The van der Waals surface area contributed by atoms with Crippen molar-refractivity contribution in [2.24, 2.45) is 11.1 Å². The lowest BCUT2D eigenvalue weighted by Crippen LogP contribution is -2.51.